The molecule has 0 bridgehead atoms. The molecule has 0 aliphatic carbocycles. The first-order chi connectivity index (χ1) is 7.81. The van der Waals surface area contributed by atoms with E-state index in [1.165, 1.54) is 38.6 Å². The van der Waals surface area contributed by atoms with Crippen LogP contribution < -0.4 is 5.73 Å². The summed E-state index contributed by atoms with van der Waals surface area (Å²) in [5, 5.41) is 0. The molecular formula is C13H26N2O. The number of rotatable bonds is 3. The van der Waals surface area contributed by atoms with Gasteiger partial charge in [0.05, 0.1) is 6.10 Å². The van der Waals surface area contributed by atoms with Crippen molar-refractivity contribution >= 4 is 0 Å². The van der Waals surface area contributed by atoms with Gasteiger partial charge in [0.25, 0.3) is 0 Å². The lowest BCUT2D eigenvalue weighted by Crippen LogP contribution is -2.51. The number of piperidine rings is 1. The standard InChI is InChI=1S/C13H26N2O/c1-11-5-4-7-15(13(11)9-14)10-12-6-2-3-8-16-12/h11-13H,2-10,14H2,1H3. The maximum absolute atomic E-state index is 5.91. The van der Waals surface area contributed by atoms with E-state index in [0.29, 0.717) is 12.1 Å². The van der Waals surface area contributed by atoms with Crippen molar-refractivity contribution in [3.05, 3.63) is 0 Å². The first-order valence-corrected chi connectivity index (χ1v) is 6.87. The summed E-state index contributed by atoms with van der Waals surface area (Å²) in [6.07, 6.45) is 6.94. The molecule has 2 aliphatic rings. The topological polar surface area (TPSA) is 38.5 Å². The Morgan fingerprint density at radius 1 is 1.25 bits per heavy atom. The molecule has 16 heavy (non-hydrogen) atoms. The van der Waals surface area contributed by atoms with Gasteiger partial charge in [-0.2, -0.15) is 0 Å². The lowest BCUT2D eigenvalue weighted by atomic mass is 9.90. The van der Waals surface area contributed by atoms with E-state index < -0.39 is 0 Å². The van der Waals surface area contributed by atoms with Crippen molar-refractivity contribution in [1.82, 2.24) is 4.90 Å². The molecule has 3 unspecified atom stereocenters. The molecule has 2 saturated heterocycles. The SMILES string of the molecule is CC1CCCN(CC2CCCCO2)C1CN. The van der Waals surface area contributed by atoms with Gasteiger partial charge < -0.3 is 10.5 Å². The molecule has 3 nitrogen and oxygen atoms in total. The van der Waals surface area contributed by atoms with Gasteiger partial charge in [-0.25, -0.2) is 0 Å². The number of hydrogen-bond acceptors (Lipinski definition) is 3. The molecule has 0 amide bonds. The van der Waals surface area contributed by atoms with Crippen LogP contribution in [0.5, 0.6) is 0 Å². The molecule has 94 valence electrons. The zero-order valence-electron chi connectivity index (χ0n) is 10.5. The van der Waals surface area contributed by atoms with Gasteiger partial charge >= 0.3 is 0 Å². The summed E-state index contributed by atoms with van der Waals surface area (Å²) in [4.78, 5) is 2.57. The van der Waals surface area contributed by atoms with E-state index in [0.717, 1.165) is 25.6 Å². The highest BCUT2D eigenvalue weighted by Crippen LogP contribution is 2.24. The molecular weight excluding hydrogens is 200 g/mol. The minimum Gasteiger partial charge on any atom is -0.377 e. The Morgan fingerprint density at radius 2 is 2.12 bits per heavy atom. The normalized spacial score (nSPS) is 37.5. The number of nitrogens with zero attached hydrogens (tertiary/aromatic N) is 1. The van der Waals surface area contributed by atoms with E-state index >= 15 is 0 Å². The fourth-order valence-corrected chi connectivity index (χ4v) is 3.16. The maximum Gasteiger partial charge on any atom is 0.0702 e. The molecule has 2 heterocycles. The lowest BCUT2D eigenvalue weighted by molar-refractivity contribution is -0.0251. The monoisotopic (exact) mass is 226 g/mol. The van der Waals surface area contributed by atoms with E-state index in [2.05, 4.69) is 11.8 Å². The third-order valence-corrected chi connectivity index (χ3v) is 4.18. The van der Waals surface area contributed by atoms with Crippen molar-refractivity contribution < 1.29 is 4.74 Å². The van der Waals surface area contributed by atoms with Gasteiger partial charge in [-0.05, 0) is 44.6 Å². The Morgan fingerprint density at radius 3 is 2.81 bits per heavy atom. The Kier molecular flexibility index (Phi) is 4.62. The highest BCUT2D eigenvalue weighted by Gasteiger charge is 2.29. The molecule has 2 N–H and O–H groups in total. The maximum atomic E-state index is 5.91. The average molecular weight is 226 g/mol. The molecule has 0 radical (unpaired) electrons. The quantitative estimate of drug-likeness (QED) is 0.794. The molecule has 2 rings (SSSR count). The number of likely N-dealkylation sites (tertiary alicyclic amines) is 1. The molecule has 0 aromatic carbocycles. The summed E-state index contributed by atoms with van der Waals surface area (Å²) >= 11 is 0. The molecule has 0 aromatic heterocycles. The van der Waals surface area contributed by atoms with Crippen molar-refractivity contribution in [1.29, 1.82) is 0 Å². The van der Waals surface area contributed by atoms with Crippen molar-refractivity contribution in [2.45, 2.75) is 51.2 Å². The van der Waals surface area contributed by atoms with Crippen LogP contribution in [0.2, 0.25) is 0 Å². The molecule has 3 heteroatoms. The average Bonchev–Trinajstić information content (AvgIpc) is 2.31. The van der Waals surface area contributed by atoms with Crippen LogP contribution in [0.4, 0.5) is 0 Å². The molecule has 2 aliphatic heterocycles. The molecule has 3 atom stereocenters. The van der Waals surface area contributed by atoms with Crippen molar-refractivity contribution in [2.75, 3.05) is 26.2 Å². The van der Waals surface area contributed by atoms with Gasteiger partial charge in [-0.3, -0.25) is 4.90 Å². The minimum absolute atomic E-state index is 0.466. The Balaban J connectivity index is 1.85. The first kappa shape index (κ1) is 12.3. The third-order valence-electron chi connectivity index (χ3n) is 4.18. The van der Waals surface area contributed by atoms with Crippen LogP contribution in [0.1, 0.15) is 39.0 Å². The third kappa shape index (κ3) is 2.96. The zero-order chi connectivity index (χ0) is 11.4. The van der Waals surface area contributed by atoms with E-state index in [4.69, 9.17) is 10.5 Å². The second-order valence-corrected chi connectivity index (χ2v) is 5.41. The second-order valence-electron chi connectivity index (χ2n) is 5.41. The summed E-state index contributed by atoms with van der Waals surface area (Å²) < 4.78 is 5.83. The van der Waals surface area contributed by atoms with Crippen LogP contribution in [0.15, 0.2) is 0 Å². The number of hydrogen-bond donors (Lipinski definition) is 1. The smallest absolute Gasteiger partial charge is 0.0702 e. The summed E-state index contributed by atoms with van der Waals surface area (Å²) in [6.45, 7) is 6.42. The van der Waals surface area contributed by atoms with Gasteiger partial charge in [0, 0.05) is 25.7 Å². The van der Waals surface area contributed by atoms with Crippen molar-refractivity contribution in [3.8, 4) is 0 Å². The number of ether oxygens (including phenoxy) is 1. The zero-order valence-corrected chi connectivity index (χ0v) is 10.5. The first-order valence-electron chi connectivity index (χ1n) is 6.87. The van der Waals surface area contributed by atoms with Crippen LogP contribution in [0.3, 0.4) is 0 Å². The van der Waals surface area contributed by atoms with Gasteiger partial charge in [-0.1, -0.05) is 6.92 Å². The summed E-state index contributed by atoms with van der Waals surface area (Å²) in [5.41, 5.74) is 5.91. The summed E-state index contributed by atoms with van der Waals surface area (Å²) in [7, 11) is 0. The van der Waals surface area contributed by atoms with E-state index in [1.807, 2.05) is 0 Å². The minimum atomic E-state index is 0.466. The fraction of sp³-hybridized carbons (Fsp3) is 1.00. The van der Waals surface area contributed by atoms with Crippen LogP contribution in [0.25, 0.3) is 0 Å². The predicted molar refractivity (Wildman–Crippen MR) is 66.4 cm³/mol. The van der Waals surface area contributed by atoms with Crippen LogP contribution in [0, 0.1) is 5.92 Å². The van der Waals surface area contributed by atoms with E-state index in [-0.39, 0.29) is 0 Å². The fourth-order valence-electron chi connectivity index (χ4n) is 3.16. The molecule has 0 aromatic rings. The van der Waals surface area contributed by atoms with Gasteiger partial charge in [0.2, 0.25) is 0 Å². The Labute approximate surface area is 99.3 Å². The highest BCUT2D eigenvalue weighted by molar-refractivity contribution is 4.84. The van der Waals surface area contributed by atoms with Crippen LogP contribution in [-0.4, -0.2) is 43.3 Å². The Hall–Kier alpha value is -0.120. The predicted octanol–water partition coefficient (Wildman–Crippen LogP) is 1.61. The van der Waals surface area contributed by atoms with Gasteiger partial charge in [-0.15, -0.1) is 0 Å². The van der Waals surface area contributed by atoms with Gasteiger partial charge in [0.15, 0.2) is 0 Å². The van der Waals surface area contributed by atoms with E-state index in [9.17, 15) is 0 Å². The summed E-state index contributed by atoms with van der Waals surface area (Å²) in [5.74, 6) is 0.752. The number of nitrogens with two attached hydrogens (primary N) is 1. The highest BCUT2D eigenvalue weighted by atomic mass is 16.5. The van der Waals surface area contributed by atoms with Gasteiger partial charge in [0.1, 0.15) is 0 Å². The van der Waals surface area contributed by atoms with Crippen LogP contribution >= 0.6 is 0 Å². The van der Waals surface area contributed by atoms with Crippen molar-refractivity contribution in [2.24, 2.45) is 11.7 Å². The molecule has 0 spiro atoms. The lowest BCUT2D eigenvalue weighted by Gasteiger charge is -2.41. The largest absolute Gasteiger partial charge is 0.377 e. The molecule has 2 fully saturated rings. The van der Waals surface area contributed by atoms with E-state index in [1.54, 1.807) is 0 Å². The Bertz CT molecular complexity index is 204. The van der Waals surface area contributed by atoms with Crippen LogP contribution in [-0.2, 0) is 4.74 Å². The van der Waals surface area contributed by atoms with Crippen molar-refractivity contribution in [3.63, 3.8) is 0 Å². The summed E-state index contributed by atoms with van der Waals surface area (Å²) in [6, 6.07) is 0.583. The molecule has 0 saturated carbocycles. The second kappa shape index (κ2) is 5.99.